The molecular formula is C17H14F6O3S. The highest BCUT2D eigenvalue weighted by atomic mass is 32.2. The Morgan fingerprint density at radius 3 is 2.00 bits per heavy atom. The summed E-state index contributed by atoms with van der Waals surface area (Å²) in [6.45, 7) is 2.88. The molecule has 2 rings (SSSR count). The molecule has 0 saturated carbocycles. The van der Waals surface area contributed by atoms with Gasteiger partial charge in [0.25, 0.3) is 0 Å². The highest BCUT2D eigenvalue weighted by Crippen LogP contribution is 2.49. The Kier molecular flexibility index (Phi) is 5.51. The van der Waals surface area contributed by atoms with E-state index in [0.29, 0.717) is 6.07 Å². The van der Waals surface area contributed by atoms with E-state index in [9.17, 15) is 34.8 Å². The van der Waals surface area contributed by atoms with E-state index in [-0.39, 0.29) is 10.5 Å². The quantitative estimate of drug-likeness (QED) is 0.496. The fourth-order valence-corrected chi connectivity index (χ4v) is 3.20. The number of benzene rings is 2. The maximum atomic E-state index is 14.1. The van der Waals surface area contributed by atoms with Crippen molar-refractivity contribution in [2.75, 3.05) is 0 Å². The molecule has 0 amide bonds. The second-order valence-corrected chi connectivity index (χ2v) is 7.37. The van der Waals surface area contributed by atoms with Gasteiger partial charge in [-0.2, -0.15) is 30.4 Å². The molecule has 1 atom stereocenters. The average Bonchev–Trinajstić information content (AvgIpc) is 2.55. The largest absolute Gasteiger partial charge is 0.456 e. The number of hydrogen-bond acceptors (Lipinski definition) is 3. The normalized spacial score (nSPS) is 14.1. The summed E-state index contributed by atoms with van der Waals surface area (Å²) in [5.74, 6) is -6.64. The second kappa shape index (κ2) is 7.06. The van der Waals surface area contributed by atoms with Gasteiger partial charge < -0.3 is 4.18 Å². The SMILES string of the molecule is Cc1ccc(S(=O)(=O)Oc2c(C)cccc2C(F)C(F)(F)C(F)(F)F)cc1. The summed E-state index contributed by atoms with van der Waals surface area (Å²) >= 11 is 0. The van der Waals surface area contributed by atoms with Crippen molar-refractivity contribution < 1.29 is 38.9 Å². The predicted molar refractivity (Wildman–Crippen MR) is 85.0 cm³/mol. The van der Waals surface area contributed by atoms with E-state index in [4.69, 9.17) is 4.18 Å². The Labute approximate surface area is 151 Å². The summed E-state index contributed by atoms with van der Waals surface area (Å²) in [5, 5.41) is 0. The third kappa shape index (κ3) is 4.20. The molecule has 27 heavy (non-hydrogen) atoms. The third-order valence-electron chi connectivity index (χ3n) is 3.71. The van der Waals surface area contributed by atoms with Crippen LogP contribution in [0.15, 0.2) is 47.4 Å². The molecule has 2 aromatic carbocycles. The first-order valence-electron chi connectivity index (χ1n) is 7.46. The molecule has 0 N–H and O–H groups in total. The van der Waals surface area contributed by atoms with Crippen molar-refractivity contribution in [3.05, 3.63) is 59.2 Å². The molecule has 0 aromatic heterocycles. The van der Waals surface area contributed by atoms with E-state index in [2.05, 4.69) is 0 Å². The van der Waals surface area contributed by atoms with Crippen LogP contribution in [0.25, 0.3) is 0 Å². The van der Waals surface area contributed by atoms with E-state index in [1.54, 1.807) is 6.92 Å². The summed E-state index contributed by atoms with van der Waals surface area (Å²) in [5.41, 5.74) is -0.615. The predicted octanol–water partition coefficient (Wildman–Crippen LogP) is 5.28. The van der Waals surface area contributed by atoms with Gasteiger partial charge in [0.2, 0.25) is 6.17 Å². The summed E-state index contributed by atoms with van der Waals surface area (Å²) in [6, 6.07) is 8.05. The number of hydrogen-bond donors (Lipinski definition) is 0. The molecule has 0 aliphatic heterocycles. The lowest BCUT2D eigenvalue weighted by atomic mass is 10.0. The van der Waals surface area contributed by atoms with Crippen molar-refractivity contribution >= 4 is 10.1 Å². The van der Waals surface area contributed by atoms with Gasteiger partial charge in [0.05, 0.1) is 0 Å². The molecule has 0 radical (unpaired) electrons. The molecule has 0 heterocycles. The molecule has 0 bridgehead atoms. The van der Waals surface area contributed by atoms with E-state index in [1.165, 1.54) is 37.3 Å². The average molecular weight is 412 g/mol. The van der Waals surface area contributed by atoms with Crippen LogP contribution in [0.4, 0.5) is 26.3 Å². The molecule has 0 aliphatic carbocycles. The van der Waals surface area contributed by atoms with Crippen molar-refractivity contribution in [3.63, 3.8) is 0 Å². The van der Waals surface area contributed by atoms with Gasteiger partial charge in [-0.3, -0.25) is 0 Å². The molecule has 2 aromatic rings. The summed E-state index contributed by atoms with van der Waals surface area (Å²) in [7, 11) is -4.58. The highest BCUT2D eigenvalue weighted by Gasteiger charge is 2.64. The van der Waals surface area contributed by atoms with Crippen LogP contribution in [0, 0.1) is 13.8 Å². The molecular weight excluding hydrogens is 398 g/mol. The van der Waals surface area contributed by atoms with Gasteiger partial charge >= 0.3 is 22.2 Å². The van der Waals surface area contributed by atoms with Crippen LogP contribution in [0.3, 0.4) is 0 Å². The smallest absolute Gasteiger partial charge is 0.378 e. The first-order valence-corrected chi connectivity index (χ1v) is 8.87. The van der Waals surface area contributed by atoms with Crippen molar-refractivity contribution in [2.24, 2.45) is 0 Å². The van der Waals surface area contributed by atoms with E-state index in [0.717, 1.165) is 11.6 Å². The lowest BCUT2D eigenvalue weighted by molar-refractivity contribution is -0.305. The van der Waals surface area contributed by atoms with Crippen LogP contribution in [-0.4, -0.2) is 20.5 Å². The summed E-state index contributed by atoms with van der Waals surface area (Å²) in [6.07, 6.45) is -10.0. The van der Waals surface area contributed by atoms with Crippen LogP contribution in [0.5, 0.6) is 5.75 Å². The molecule has 0 spiro atoms. The number of rotatable bonds is 5. The number of para-hydroxylation sites is 1. The number of alkyl halides is 6. The third-order valence-corrected chi connectivity index (χ3v) is 4.95. The number of halogens is 6. The fourth-order valence-electron chi connectivity index (χ4n) is 2.19. The van der Waals surface area contributed by atoms with Gasteiger partial charge in [-0.05, 0) is 31.5 Å². The Morgan fingerprint density at radius 1 is 0.926 bits per heavy atom. The summed E-state index contributed by atoms with van der Waals surface area (Å²) in [4.78, 5) is -0.361. The van der Waals surface area contributed by atoms with E-state index >= 15 is 0 Å². The van der Waals surface area contributed by atoms with Crippen LogP contribution in [0.1, 0.15) is 22.9 Å². The molecule has 3 nitrogen and oxygen atoms in total. The zero-order valence-corrected chi connectivity index (χ0v) is 14.8. The summed E-state index contributed by atoms with van der Waals surface area (Å²) < 4.78 is 108. The Bertz CT molecular complexity index is 921. The van der Waals surface area contributed by atoms with E-state index < -0.39 is 39.7 Å². The highest BCUT2D eigenvalue weighted by molar-refractivity contribution is 7.87. The maximum Gasteiger partial charge on any atom is 0.456 e. The maximum absolute atomic E-state index is 14.1. The Balaban J connectivity index is 2.51. The van der Waals surface area contributed by atoms with Crippen molar-refractivity contribution in [1.29, 1.82) is 0 Å². The van der Waals surface area contributed by atoms with Gasteiger partial charge in [-0.25, -0.2) is 4.39 Å². The fraction of sp³-hybridized carbons (Fsp3) is 0.294. The molecule has 0 saturated heterocycles. The van der Waals surface area contributed by atoms with Crippen LogP contribution in [-0.2, 0) is 10.1 Å². The Morgan fingerprint density at radius 2 is 1.48 bits per heavy atom. The van der Waals surface area contributed by atoms with Crippen LogP contribution >= 0.6 is 0 Å². The molecule has 10 heteroatoms. The lowest BCUT2D eigenvalue weighted by Crippen LogP contribution is -2.40. The topological polar surface area (TPSA) is 43.4 Å². The van der Waals surface area contributed by atoms with Crippen LogP contribution < -0.4 is 4.18 Å². The molecule has 0 fully saturated rings. The molecule has 148 valence electrons. The Hall–Kier alpha value is -2.23. The molecule has 0 aliphatic rings. The number of aryl methyl sites for hydroxylation is 2. The van der Waals surface area contributed by atoms with Gasteiger partial charge in [-0.1, -0.05) is 35.9 Å². The van der Waals surface area contributed by atoms with Crippen molar-refractivity contribution in [1.82, 2.24) is 0 Å². The second-order valence-electron chi connectivity index (χ2n) is 5.83. The molecule has 1 unspecified atom stereocenters. The van der Waals surface area contributed by atoms with Crippen LogP contribution in [0.2, 0.25) is 0 Å². The lowest BCUT2D eigenvalue weighted by Gasteiger charge is -2.25. The van der Waals surface area contributed by atoms with Gasteiger partial charge in [0.1, 0.15) is 4.90 Å². The zero-order valence-electron chi connectivity index (χ0n) is 14.0. The van der Waals surface area contributed by atoms with E-state index in [1.807, 2.05) is 0 Å². The van der Waals surface area contributed by atoms with Gasteiger partial charge in [0, 0.05) is 5.56 Å². The zero-order chi connectivity index (χ0) is 20.6. The van der Waals surface area contributed by atoms with Crippen molar-refractivity contribution in [3.8, 4) is 5.75 Å². The minimum atomic E-state index is -6.16. The first-order chi connectivity index (χ1) is 12.3. The minimum Gasteiger partial charge on any atom is -0.378 e. The standard InChI is InChI=1S/C17H14F6O3S/c1-10-6-8-12(9-7-10)27(24,25)26-14-11(2)4-3-5-13(14)15(18)16(19,20)17(21,22)23/h3-9,15H,1-2H3. The first kappa shape index (κ1) is 21.1. The van der Waals surface area contributed by atoms with Crippen molar-refractivity contribution in [2.45, 2.75) is 37.0 Å². The minimum absolute atomic E-state index is 0.121. The van der Waals surface area contributed by atoms with Gasteiger partial charge in [-0.15, -0.1) is 0 Å². The van der Waals surface area contributed by atoms with Gasteiger partial charge in [0.15, 0.2) is 5.75 Å². The monoisotopic (exact) mass is 412 g/mol.